The molecule has 0 spiro atoms. The molecule has 1 N–H and O–H groups in total. The Morgan fingerprint density at radius 3 is 2.54 bits per heavy atom. The van der Waals surface area contributed by atoms with Gasteiger partial charge < -0.3 is 4.42 Å². The first-order valence-electron chi connectivity index (χ1n) is 7.42. The molecule has 3 aromatic rings. The lowest BCUT2D eigenvalue weighted by molar-refractivity contribution is -0.120. The summed E-state index contributed by atoms with van der Waals surface area (Å²) < 4.78 is 6.88. The molecule has 3 rings (SSSR count). The molecule has 24 heavy (non-hydrogen) atoms. The van der Waals surface area contributed by atoms with Crippen molar-refractivity contribution in [1.29, 1.82) is 0 Å². The highest BCUT2D eigenvalue weighted by Gasteiger charge is 2.04. The molecular formula is C19H15IN2O2. The lowest BCUT2D eigenvalue weighted by Gasteiger charge is -1.99. The van der Waals surface area contributed by atoms with Crippen LogP contribution < -0.4 is 5.43 Å². The Morgan fingerprint density at radius 2 is 1.79 bits per heavy atom. The van der Waals surface area contributed by atoms with E-state index < -0.39 is 0 Å². The monoisotopic (exact) mass is 430 g/mol. The fourth-order valence-corrected chi connectivity index (χ4v) is 2.54. The first kappa shape index (κ1) is 16.4. The molecule has 0 aliphatic rings. The van der Waals surface area contributed by atoms with Crippen molar-refractivity contribution in [2.24, 2.45) is 5.10 Å². The van der Waals surface area contributed by atoms with E-state index in [9.17, 15) is 4.79 Å². The van der Waals surface area contributed by atoms with Crippen molar-refractivity contribution in [3.8, 4) is 11.3 Å². The first-order chi connectivity index (χ1) is 11.7. The molecule has 0 radical (unpaired) electrons. The molecule has 1 heterocycles. The van der Waals surface area contributed by atoms with Crippen molar-refractivity contribution in [2.75, 3.05) is 0 Å². The van der Waals surface area contributed by atoms with Gasteiger partial charge in [0.2, 0.25) is 5.91 Å². The normalized spacial score (nSPS) is 10.9. The Morgan fingerprint density at radius 1 is 1.04 bits per heavy atom. The number of rotatable bonds is 5. The van der Waals surface area contributed by atoms with Crippen LogP contribution in [0.3, 0.4) is 0 Å². The predicted molar refractivity (Wildman–Crippen MR) is 103 cm³/mol. The van der Waals surface area contributed by atoms with E-state index in [0.29, 0.717) is 12.2 Å². The summed E-state index contributed by atoms with van der Waals surface area (Å²) in [4.78, 5) is 11.8. The van der Waals surface area contributed by atoms with Crippen molar-refractivity contribution in [3.05, 3.63) is 81.6 Å². The highest BCUT2D eigenvalue weighted by molar-refractivity contribution is 14.1. The summed E-state index contributed by atoms with van der Waals surface area (Å²) in [6.07, 6.45) is 1.79. The van der Waals surface area contributed by atoms with Crippen LogP contribution in [0.15, 0.2) is 76.2 Å². The van der Waals surface area contributed by atoms with Gasteiger partial charge >= 0.3 is 0 Å². The van der Waals surface area contributed by atoms with Crippen LogP contribution in [0.5, 0.6) is 0 Å². The van der Waals surface area contributed by atoms with E-state index in [4.69, 9.17) is 4.42 Å². The minimum atomic E-state index is -0.165. The van der Waals surface area contributed by atoms with Gasteiger partial charge in [0.25, 0.3) is 0 Å². The maximum absolute atomic E-state index is 11.8. The van der Waals surface area contributed by atoms with Crippen LogP contribution >= 0.6 is 22.6 Å². The van der Waals surface area contributed by atoms with Crippen molar-refractivity contribution < 1.29 is 9.21 Å². The number of hydrogen-bond acceptors (Lipinski definition) is 3. The molecule has 1 amide bonds. The predicted octanol–water partition coefficient (Wildman–Crippen LogP) is 4.24. The molecule has 0 aliphatic heterocycles. The minimum absolute atomic E-state index is 0.165. The number of benzene rings is 2. The van der Waals surface area contributed by atoms with Crippen LogP contribution in [0.2, 0.25) is 0 Å². The summed E-state index contributed by atoms with van der Waals surface area (Å²) in [7, 11) is 0. The topological polar surface area (TPSA) is 54.6 Å². The summed E-state index contributed by atoms with van der Waals surface area (Å²) in [5.41, 5.74) is 4.46. The number of carbonyl (C=O) groups excluding carboxylic acids is 1. The molecule has 120 valence electrons. The van der Waals surface area contributed by atoms with E-state index in [-0.39, 0.29) is 5.91 Å². The molecular weight excluding hydrogens is 415 g/mol. The number of nitrogens with zero attached hydrogens (tertiary/aromatic N) is 1. The summed E-state index contributed by atoms with van der Waals surface area (Å²) in [5, 5.41) is 3.94. The van der Waals surface area contributed by atoms with Gasteiger partial charge in [-0.25, -0.2) is 5.43 Å². The number of nitrogens with one attached hydrogen (secondary N) is 1. The van der Waals surface area contributed by atoms with Gasteiger partial charge in [0.1, 0.15) is 11.5 Å². The average Bonchev–Trinajstić information content (AvgIpc) is 3.05. The second-order valence-electron chi connectivity index (χ2n) is 5.16. The smallest absolute Gasteiger partial charge is 0.244 e. The third-order valence-electron chi connectivity index (χ3n) is 3.34. The van der Waals surface area contributed by atoms with Gasteiger partial charge in [0, 0.05) is 9.13 Å². The molecule has 1 aromatic heterocycles. The fraction of sp³-hybridized carbons (Fsp3) is 0.0526. The van der Waals surface area contributed by atoms with E-state index in [1.807, 2.05) is 66.7 Å². The Kier molecular flexibility index (Phi) is 5.43. The minimum Gasteiger partial charge on any atom is -0.455 e. The lowest BCUT2D eigenvalue weighted by atomic mass is 10.1. The Labute approximate surface area is 153 Å². The number of hydrazone groups is 1. The SMILES string of the molecule is O=C(Cc1ccccc1)N/N=C\c1ccc(-c2ccc(I)cc2)o1. The number of halogens is 1. The highest BCUT2D eigenvalue weighted by atomic mass is 127. The third-order valence-corrected chi connectivity index (χ3v) is 4.06. The summed E-state index contributed by atoms with van der Waals surface area (Å²) in [5.74, 6) is 1.19. The lowest BCUT2D eigenvalue weighted by Crippen LogP contribution is -2.19. The van der Waals surface area contributed by atoms with Crippen LogP contribution in [0, 0.1) is 3.57 Å². The van der Waals surface area contributed by atoms with Gasteiger partial charge in [0.05, 0.1) is 12.6 Å². The van der Waals surface area contributed by atoms with Crippen LogP contribution in [-0.4, -0.2) is 12.1 Å². The van der Waals surface area contributed by atoms with Crippen molar-refractivity contribution in [1.82, 2.24) is 5.43 Å². The van der Waals surface area contributed by atoms with E-state index in [1.165, 1.54) is 9.78 Å². The van der Waals surface area contributed by atoms with Gasteiger partial charge in [-0.2, -0.15) is 5.10 Å². The Hall–Kier alpha value is -2.41. The second-order valence-corrected chi connectivity index (χ2v) is 6.41. The molecule has 0 fully saturated rings. The first-order valence-corrected chi connectivity index (χ1v) is 8.50. The maximum atomic E-state index is 11.8. The van der Waals surface area contributed by atoms with Gasteiger partial charge in [-0.15, -0.1) is 0 Å². The van der Waals surface area contributed by atoms with E-state index >= 15 is 0 Å². The number of hydrogen-bond donors (Lipinski definition) is 1. The highest BCUT2D eigenvalue weighted by Crippen LogP contribution is 2.22. The van der Waals surface area contributed by atoms with Gasteiger partial charge in [-0.1, -0.05) is 42.5 Å². The summed E-state index contributed by atoms with van der Waals surface area (Å²) >= 11 is 2.26. The van der Waals surface area contributed by atoms with Gasteiger partial charge in [-0.3, -0.25) is 4.79 Å². The molecule has 4 nitrogen and oxygen atoms in total. The Bertz CT molecular complexity index is 839. The number of carbonyl (C=O) groups is 1. The third kappa shape index (κ3) is 4.55. The largest absolute Gasteiger partial charge is 0.455 e. The van der Waals surface area contributed by atoms with Crippen LogP contribution in [0.1, 0.15) is 11.3 Å². The Balaban J connectivity index is 1.57. The molecule has 0 bridgehead atoms. The molecule has 2 aromatic carbocycles. The van der Waals surface area contributed by atoms with Crippen molar-refractivity contribution in [3.63, 3.8) is 0 Å². The van der Waals surface area contributed by atoms with Gasteiger partial charge in [0.15, 0.2) is 0 Å². The average molecular weight is 430 g/mol. The zero-order chi connectivity index (χ0) is 16.8. The standard InChI is InChI=1S/C19H15IN2O2/c20-16-8-6-15(7-9-16)18-11-10-17(24-18)13-21-22-19(23)12-14-4-2-1-3-5-14/h1-11,13H,12H2,(H,22,23)/b21-13-. The van der Waals surface area contributed by atoms with Crippen molar-refractivity contribution in [2.45, 2.75) is 6.42 Å². The molecule has 0 saturated heterocycles. The molecule has 5 heteroatoms. The second kappa shape index (κ2) is 7.92. The maximum Gasteiger partial charge on any atom is 0.244 e. The number of amides is 1. The van der Waals surface area contributed by atoms with E-state index in [2.05, 4.69) is 33.1 Å². The molecule has 0 saturated carbocycles. The van der Waals surface area contributed by atoms with E-state index in [1.54, 1.807) is 0 Å². The van der Waals surface area contributed by atoms with E-state index in [0.717, 1.165) is 16.9 Å². The molecule has 0 unspecified atom stereocenters. The van der Waals surface area contributed by atoms with Crippen LogP contribution in [0.4, 0.5) is 0 Å². The molecule has 0 atom stereocenters. The van der Waals surface area contributed by atoms with Crippen LogP contribution in [-0.2, 0) is 11.2 Å². The van der Waals surface area contributed by atoms with Gasteiger partial charge in [-0.05, 0) is 52.4 Å². The zero-order valence-electron chi connectivity index (χ0n) is 12.8. The summed E-state index contributed by atoms with van der Waals surface area (Å²) in [6, 6.07) is 21.3. The van der Waals surface area contributed by atoms with Crippen LogP contribution in [0.25, 0.3) is 11.3 Å². The van der Waals surface area contributed by atoms with Crippen molar-refractivity contribution >= 4 is 34.7 Å². The molecule has 0 aliphatic carbocycles. The summed E-state index contributed by atoms with van der Waals surface area (Å²) in [6.45, 7) is 0. The quantitative estimate of drug-likeness (QED) is 0.374. The fourth-order valence-electron chi connectivity index (χ4n) is 2.18. The zero-order valence-corrected chi connectivity index (χ0v) is 14.9. The number of furan rings is 1.